The molecule has 1 aromatic heterocycles. The molecule has 1 aliphatic rings. The SMILES string of the molecule is Cc1cccc(NC(=O)N2CCC[C@@H]2c2nc(-c3cccc(Cl)c3)no2)c1C. The Hall–Kier alpha value is -2.86. The molecule has 0 spiro atoms. The lowest BCUT2D eigenvalue weighted by molar-refractivity contribution is 0.193. The number of likely N-dealkylation sites (tertiary alicyclic amines) is 1. The van der Waals surface area contributed by atoms with Crippen LogP contribution in [0.1, 0.15) is 35.9 Å². The Morgan fingerprint density at radius 3 is 2.89 bits per heavy atom. The lowest BCUT2D eigenvalue weighted by atomic mass is 10.1. The van der Waals surface area contributed by atoms with Gasteiger partial charge >= 0.3 is 6.03 Å². The summed E-state index contributed by atoms with van der Waals surface area (Å²) in [7, 11) is 0. The van der Waals surface area contributed by atoms with Crippen LogP contribution in [0, 0.1) is 13.8 Å². The minimum atomic E-state index is -0.231. The van der Waals surface area contributed by atoms with Crippen LogP contribution in [-0.4, -0.2) is 27.6 Å². The second kappa shape index (κ2) is 7.64. The van der Waals surface area contributed by atoms with Crippen molar-refractivity contribution < 1.29 is 9.32 Å². The average Bonchev–Trinajstić information content (AvgIpc) is 3.34. The van der Waals surface area contributed by atoms with E-state index in [-0.39, 0.29) is 12.1 Å². The second-order valence-corrected chi connectivity index (χ2v) is 7.43. The Balaban J connectivity index is 1.54. The van der Waals surface area contributed by atoms with Crippen LogP contribution in [0.5, 0.6) is 0 Å². The van der Waals surface area contributed by atoms with E-state index in [0.717, 1.165) is 35.2 Å². The molecule has 4 rings (SSSR count). The molecule has 0 aliphatic carbocycles. The van der Waals surface area contributed by atoms with E-state index in [1.165, 1.54) is 0 Å². The fourth-order valence-corrected chi connectivity index (χ4v) is 3.65. The zero-order chi connectivity index (χ0) is 19.7. The molecule has 2 aromatic carbocycles. The van der Waals surface area contributed by atoms with Crippen LogP contribution in [-0.2, 0) is 0 Å². The highest BCUT2D eigenvalue weighted by Crippen LogP contribution is 2.33. The molecule has 7 heteroatoms. The van der Waals surface area contributed by atoms with Crippen LogP contribution < -0.4 is 5.32 Å². The molecule has 1 N–H and O–H groups in total. The fraction of sp³-hybridized carbons (Fsp3) is 0.286. The maximum atomic E-state index is 12.9. The minimum Gasteiger partial charge on any atom is -0.337 e. The van der Waals surface area contributed by atoms with Crippen molar-refractivity contribution in [1.29, 1.82) is 0 Å². The first-order valence-electron chi connectivity index (χ1n) is 9.26. The molecule has 3 aromatic rings. The molecule has 1 saturated heterocycles. The van der Waals surface area contributed by atoms with Crippen molar-refractivity contribution in [1.82, 2.24) is 15.0 Å². The van der Waals surface area contributed by atoms with Gasteiger partial charge in [0, 0.05) is 22.8 Å². The Morgan fingerprint density at radius 2 is 2.07 bits per heavy atom. The predicted octanol–water partition coefficient (Wildman–Crippen LogP) is 5.38. The summed E-state index contributed by atoms with van der Waals surface area (Å²) in [6.07, 6.45) is 1.68. The van der Waals surface area contributed by atoms with E-state index < -0.39 is 0 Å². The van der Waals surface area contributed by atoms with Gasteiger partial charge in [0.15, 0.2) is 0 Å². The number of aryl methyl sites for hydroxylation is 1. The van der Waals surface area contributed by atoms with Crippen LogP contribution >= 0.6 is 11.6 Å². The van der Waals surface area contributed by atoms with Gasteiger partial charge in [-0.3, -0.25) is 0 Å². The quantitative estimate of drug-likeness (QED) is 0.645. The number of halogens is 1. The highest BCUT2D eigenvalue weighted by Gasteiger charge is 2.34. The number of hydrogen-bond acceptors (Lipinski definition) is 4. The monoisotopic (exact) mass is 396 g/mol. The molecule has 0 unspecified atom stereocenters. The second-order valence-electron chi connectivity index (χ2n) is 7.00. The summed E-state index contributed by atoms with van der Waals surface area (Å²) in [5, 5.41) is 7.70. The van der Waals surface area contributed by atoms with Gasteiger partial charge in [0.05, 0.1) is 0 Å². The van der Waals surface area contributed by atoms with Gasteiger partial charge in [0.1, 0.15) is 6.04 Å². The van der Waals surface area contributed by atoms with Crippen molar-refractivity contribution >= 4 is 23.3 Å². The summed E-state index contributed by atoms with van der Waals surface area (Å²) < 4.78 is 5.49. The van der Waals surface area contributed by atoms with E-state index >= 15 is 0 Å². The third-order valence-electron chi connectivity index (χ3n) is 5.17. The molecule has 1 aliphatic heterocycles. The normalized spacial score (nSPS) is 16.4. The molecule has 1 fully saturated rings. The largest absolute Gasteiger partial charge is 0.337 e. The zero-order valence-corrected chi connectivity index (χ0v) is 16.5. The van der Waals surface area contributed by atoms with E-state index in [2.05, 4.69) is 15.5 Å². The molecule has 0 saturated carbocycles. The number of rotatable bonds is 3. The Bertz CT molecular complexity index is 1020. The number of amides is 2. The van der Waals surface area contributed by atoms with Gasteiger partial charge in [-0.05, 0) is 56.0 Å². The lowest BCUT2D eigenvalue weighted by Crippen LogP contribution is -2.34. The standard InChI is InChI=1S/C21H21ClN4O2/c1-13-6-3-9-17(14(13)2)23-21(27)26-11-5-10-18(26)20-24-19(25-28-20)15-7-4-8-16(22)12-15/h3-4,6-9,12,18H,5,10-11H2,1-2H3,(H,23,27)/t18-/m1/s1. The fourth-order valence-electron chi connectivity index (χ4n) is 3.46. The zero-order valence-electron chi connectivity index (χ0n) is 15.8. The molecule has 0 bridgehead atoms. The van der Waals surface area contributed by atoms with Gasteiger partial charge < -0.3 is 14.7 Å². The Labute approximate surface area is 168 Å². The number of carbonyl (C=O) groups is 1. The summed E-state index contributed by atoms with van der Waals surface area (Å²) in [4.78, 5) is 19.2. The number of hydrogen-bond donors (Lipinski definition) is 1. The van der Waals surface area contributed by atoms with Gasteiger partial charge in [-0.1, -0.05) is 41.0 Å². The van der Waals surface area contributed by atoms with Crippen LogP contribution in [0.2, 0.25) is 5.02 Å². The molecule has 144 valence electrons. The molecule has 1 atom stereocenters. The highest BCUT2D eigenvalue weighted by molar-refractivity contribution is 6.30. The van der Waals surface area contributed by atoms with E-state index in [1.54, 1.807) is 17.0 Å². The molecular formula is C21H21ClN4O2. The van der Waals surface area contributed by atoms with Crippen LogP contribution in [0.25, 0.3) is 11.4 Å². The summed E-state index contributed by atoms with van der Waals surface area (Å²) in [5.41, 5.74) is 3.80. The first-order valence-corrected chi connectivity index (χ1v) is 9.64. The highest BCUT2D eigenvalue weighted by atomic mass is 35.5. The van der Waals surface area contributed by atoms with Crippen molar-refractivity contribution in [2.45, 2.75) is 32.7 Å². The summed E-state index contributed by atoms with van der Waals surface area (Å²) in [6.45, 7) is 4.68. The maximum Gasteiger partial charge on any atom is 0.322 e. The van der Waals surface area contributed by atoms with E-state index in [9.17, 15) is 4.79 Å². The Morgan fingerprint density at radius 1 is 1.25 bits per heavy atom. The lowest BCUT2D eigenvalue weighted by Gasteiger charge is -2.23. The van der Waals surface area contributed by atoms with Crippen molar-refractivity contribution in [3.05, 3.63) is 64.5 Å². The molecule has 2 amide bonds. The number of nitrogens with zero attached hydrogens (tertiary/aromatic N) is 3. The van der Waals surface area contributed by atoms with Crippen LogP contribution in [0.4, 0.5) is 10.5 Å². The molecule has 28 heavy (non-hydrogen) atoms. The van der Waals surface area contributed by atoms with Crippen LogP contribution in [0.3, 0.4) is 0 Å². The first kappa shape index (κ1) is 18.5. The summed E-state index contributed by atoms with van der Waals surface area (Å²) in [5.74, 6) is 0.919. The number of anilines is 1. The number of urea groups is 1. The molecular weight excluding hydrogens is 376 g/mol. The van der Waals surface area contributed by atoms with Crippen molar-refractivity contribution in [2.75, 3.05) is 11.9 Å². The molecule has 0 radical (unpaired) electrons. The van der Waals surface area contributed by atoms with Crippen molar-refractivity contribution in [3.63, 3.8) is 0 Å². The molecule has 2 heterocycles. The predicted molar refractivity (Wildman–Crippen MR) is 108 cm³/mol. The first-order chi connectivity index (χ1) is 13.5. The molecule has 6 nitrogen and oxygen atoms in total. The number of aromatic nitrogens is 2. The maximum absolute atomic E-state index is 12.9. The number of nitrogens with one attached hydrogen (secondary N) is 1. The number of carbonyl (C=O) groups excluding carboxylic acids is 1. The third kappa shape index (κ3) is 3.60. The smallest absolute Gasteiger partial charge is 0.322 e. The van der Waals surface area contributed by atoms with Gasteiger partial charge in [-0.25, -0.2) is 4.79 Å². The summed E-state index contributed by atoms with van der Waals surface area (Å²) in [6, 6.07) is 12.8. The third-order valence-corrected chi connectivity index (χ3v) is 5.40. The summed E-state index contributed by atoms with van der Waals surface area (Å²) >= 11 is 6.05. The van der Waals surface area contributed by atoms with Gasteiger partial charge in [0.25, 0.3) is 0 Å². The average molecular weight is 397 g/mol. The van der Waals surface area contributed by atoms with E-state index in [0.29, 0.717) is 23.3 Å². The number of benzene rings is 2. The van der Waals surface area contributed by atoms with Crippen molar-refractivity contribution in [2.24, 2.45) is 0 Å². The van der Waals surface area contributed by atoms with E-state index in [1.807, 2.05) is 44.2 Å². The van der Waals surface area contributed by atoms with Crippen LogP contribution in [0.15, 0.2) is 47.0 Å². The topological polar surface area (TPSA) is 71.3 Å². The van der Waals surface area contributed by atoms with Gasteiger partial charge in [-0.2, -0.15) is 4.98 Å². The van der Waals surface area contributed by atoms with E-state index in [4.69, 9.17) is 16.1 Å². The van der Waals surface area contributed by atoms with Gasteiger partial charge in [-0.15, -0.1) is 0 Å². The Kier molecular flexibility index (Phi) is 5.05. The minimum absolute atomic E-state index is 0.154. The van der Waals surface area contributed by atoms with Crippen molar-refractivity contribution in [3.8, 4) is 11.4 Å². The van der Waals surface area contributed by atoms with Gasteiger partial charge in [0.2, 0.25) is 11.7 Å².